The Labute approximate surface area is 146 Å². The molecule has 0 fully saturated rings. The van der Waals surface area contributed by atoms with Gasteiger partial charge in [0.1, 0.15) is 5.82 Å². The van der Waals surface area contributed by atoms with Crippen LogP contribution in [0.5, 0.6) is 0 Å². The van der Waals surface area contributed by atoms with Gasteiger partial charge in [-0.05, 0) is 30.7 Å². The molecule has 0 aliphatic carbocycles. The van der Waals surface area contributed by atoms with E-state index in [1.165, 1.54) is 0 Å². The zero-order chi connectivity index (χ0) is 17.6. The van der Waals surface area contributed by atoms with Gasteiger partial charge in [0.2, 0.25) is 5.91 Å². The normalized spacial score (nSPS) is 11.6. The molecule has 124 valence electrons. The number of carbonyl (C=O) groups excluding carboxylic acids is 2. The molecular formula is C21H18N2O2. The number of carbonyl (C=O) groups is 2. The van der Waals surface area contributed by atoms with Crippen LogP contribution in [0.3, 0.4) is 0 Å². The van der Waals surface area contributed by atoms with E-state index < -0.39 is 5.92 Å². The van der Waals surface area contributed by atoms with Crippen molar-refractivity contribution in [2.75, 3.05) is 5.32 Å². The van der Waals surface area contributed by atoms with Crippen LogP contribution in [-0.4, -0.2) is 16.7 Å². The third kappa shape index (κ3) is 3.98. The van der Waals surface area contributed by atoms with Gasteiger partial charge in [-0.25, -0.2) is 4.98 Å². The van der Waals surface area contributed by atoms with E-state index >= 15 is 0 Å². The number of hydrogen-bond donors (Lipinski definition) is 1. The maximum Gasteiger partial charge on any atom is 0.232 e. The summed E-state index contributed by atoms with van der Waals surface area (Å²) in [5.41, 5.74) is 1.99. The van der Waals surface area contributed by atoms with Crippen LogP contribution in [0, 0.1) is 0 Å². The molecule has 0 aliphatic heterocycles. The lowest BCUT2D eigenvalue weighted by Gasteiger charge is -2.13. The largest absolute Gasteiger partial charge is 0.310 e. The Bertz CT molecular complexity index is 877. The lowest BCUT2D eigenvalue weighted by atomic mass is 9.95. The quantitative estimate of drug-likeness (QED) is 0.718. The minimum Gasteiger partial charge on any atom is -0.310 e. The van der Waals surface area contributed by atoms with Crippen LogP contribution in [0.4, 0.5) is 5.82 Å². The third-order valence-electron chi connectivity index (χ3n) is 3.99. The summed E-state index contributed by atoms with van der Waals surface area (Å²) in [5.74, 6) is -0.107. The van der Waals surface area contributed by atoms with Gasteiger partial charge in [-0.3, -0.25) is 9.59 Å². The van der Waals surface area contributed by atoms with E-state index in [0.29, 0.717) is 16.9 Å². The van der Waals surface area contributed by atoms with Crippen molar-refractivity contribution in [3.05, 3.63) is 95.7 Å². The highest BCUT2D eigenvalue weighted by Gasteiger charge is 2.17. The van der Waals surface area contributed by atoms with E-state index in [0.717, 1.165) is 5.56 Å². The number of ketones is 1. The maximum atomic E-state index is 12.6. The lowest BCUT2D eigenvalue weighted by Crippen LogP contribution is -2.19. The molecule has 1 N–H and O–H groups in total. The summed E-state index contributed by atoms with van der Waals surface area (Å²) < 4.78 is 0. The molecule has 1 atom stereocenters. The second-order valence-corrected chi connectivity index (χ2v) is 5.75. The van der Waals surface area contributed by atoms with E-state index in [2.05, 4.69) is 10.3 Å². The fraction of sp³-hybridized carbons (Fsp3) is 0.0952. The standard InChI is InChI=1S/C21H18N2O2/c1-15(21(25)23-19-12-5-6-13-22-19)17-10-7-11-18(14-17)20(24)16-8-3-2-4-9-16/h2-15H,1H3,(H,22,23,25). The summed E-state index contributed by atoms with van der Waals surface area (Å²) >= 11 is 0. The topological polar surface area (TPSA) is 59.1 Å². The van der Waals surface area contributed by atoms with Gasteiger partial charge in [0.15, 0.2) is 5.78 Å². The first kappa shape index (κ1) is 16.6. The van der Waals surface area contributed by atoms with Gasteiger partial charge in [-0.2, -0.15) is 0 Å². The summed E-state index contributed by atoms with van der Waals surface area (Å²) in [6.07, 6.45) is 1.62. The third-order valence-corrected chi connectivity index (χ3v) is 3.99. The van der Waals surface area contributed by atoms with Crippen molar-refractivity contribution < 1.29 is 9.59 Å². The van der Waals surface area contributed by atoms with Crippen LogP contribution in [-0.2, 0) is 4.79 Å². The first-order chi connectivity index (χ1) is 12.1. The zero-order valence-electron chi connectivity index (χ0n) is 13.8. The van der Waals surface area contributed by atoms with Crippen molar-refractivity contribution in [1.82, 2.24) is 4.98 Å². The number of anilines is 1. The molecule has 0 aliphatic rings. The Morgan fingerprint density at radius 1 is 0.880 bits per heavy atom. The monoisotopic (exact) mass is 330 g/mol. The van der Waals surface area contributed by atoms with Gasteiger partial charge < -0.3 is 5.32 Å². The number of nitrogens with zero attached hydrogens (tertiary/aromatic N) is 1. The van der Waals surface area contributed by atoms with E-state index in [4.69, 9.17) is 0 Å². The average molecular weight is 330 g/mol. The van der Waals surface area contributed by atoms with Gasteiger partial charge in [-0.1, -0.05) is 54.6 Å². The molecule has 0 spiro atoms. The predicted octanol–water partition coefficient (Wildman–Crippen LogP) is 4.05. The second kappa shape index (κ2) is 7.53. The molecule has 4 heteroatoms. The number of benzene rings is 2. The van der Waals surface area contributed by atoms with Crippen molar-refractivity contribution in [2.24, 2.45) is 0 Å². The summed E-state index contributed by atoms with van der Waals surface area (Å²) in [6.45, 7) is 1.81. The summed E-state index contributed by atoms with van der Waals surface area (Å²) in [6, 6.07) is 21.6. The number of rotatable bonds is 5. The van der Waals surface area contributed by atoms with Crippen molar-refractivity contribution >= 4 is 17.5 Å². The fourth-order valence-electron chi connectivity index (χ4n) is 2.53. The van der Waals surface area contributed by atoms with Gasteiger partial charge >= 0.3 is 0 Å². The summed E-state index contributed by atoms with van der Waals surface area (Å²) in [5, 5.41) is 2.79. The highest BCUT2D eigenvalue weighted by Crippen LogP contribution is 2.20. The SMILES string of the molecule is CC(C(=O)Nc1ccccn1)c1cccc(C(=O)c2ccccc2)c1. The van der Waals surface area contributed by atoms with Crippen molar-refractivity contribution in [3.63, 3.8) is 0 Å². The minimum absolute atomic E-state index is 0.0558. The molecule has 1 amide bonds. The highest BCUT2D eigenvalue weighted by molar-refractivity contribution is 6.09. The average Bonchev–Trinajstić information content (AvgIpc) is 2.68. The Morgan fingerprint density at radius 3 is 2.32 bits per heavy atom. The molecule has 1 heterocycles. The molecule has 2 aromatic carbocycles. The number of amides is 1. The van der Waals surface area contributed by atoms with Crippen LogP contribution < -0.4 is 5.32 Å². The fourth-order valence-corrected chi connectivity index (χ4v) is 2.53. The molecule has 1 aromatic heterocycles. The minimum atomic E-state index is -0.398. The number of hydrogen-bond acceptors (Lipinski definition) is 3. The summed E-state index contributed by atoms with van der Waals surface area (Å²) in [7, 11) is 0. The molecule has 1 unspecified atom stereocenters. The molecule has 3 rings (SSSR count). The molecule has 25 heavy (non-hydrogen) atoms. The zero-order valence-corrected chi connectivity index (χ0v) is 13.8. The Hall–Kier alpha value is -3.27. The molecule has 0 saturated carbocycles. The van der Waals surface area contributed by atoms with Crippen LogP contribution in [0.2, 0.25) is 0 Å². The molecular weight excluding hydrogens is 312 g/mol. The maximum absolute atomic E-state index is 12.6. The van der Waals surface area contributed by atoms with Gasteiger partial charge in [-0.15, -0.1) is 0 Å². The Balaban J connectivity index is 1.79. The second-order valence-electron chi connectivity index (χ2n) is 5.75. The molecule has 0 bridgehead atoms. The molecule has 0 radical (unpaired) electrons. The first-order valence-corrected chi connectivity index (χ1v) is 8.07. The van der Waals surface area contributed by atoms with Crippen LogP contribution in [0.15, 0.2) is 79.0 Å². The van der Waals surface area contributed by atoms with Crippen LogP contribution >= 0.6 is 0 Å². The first-order valence-electron chi connectivity index (χ1n) is 8.07. The van der Waals surface area contributed by atoms with Gasteiger partial charge in [0.25, 0.3) is 0 Å². The number of aromatic nitrogens is 1. The van der Waals surface area contributed by atoms with Crippen LogP contribution in [0.1, 0.15) is 34.3 Å². The van der Waals surface area contributed by atoms with E-state index in [-0.39, 0.29) is 11.7 Å². The van der Waals surface area contributed by atoms with Crippen molar-refractivity contribution in [2.45, 2.75) is 12.8 Å². The predicted molar refractivity (Wildman–Crippen MR) is 97.6 cm³/mol. The lowest BCUT2D eigenvalue weighted by molar-refractivity contribution is -0.117. The highest BCUT2D eigenvalue weighted by atomic mass is 16.2. The molecule has 4 nitrogen and oxygen atoms in total. The van der Waals surface area contributed by atoms with E-state index in [1.807, 2.05) is 37.3 Å². The van der Waals surface area contributed by atoms with E-state index in [9.17, 15) is 9.59 Å². The van der Waals surface area contributed by atoms with Gasteiger partial charge in [0, 0.05) is 17.3 Å². The Kier molecular flexibility index (Phi) is 5.00. The van der Waals surface area contributed by atoms with Gasteiger partial charge in [0.05, 0.1) is 5.92 Å². The van der Waals surface area contributed by atoms with E-state index in [1.54, 1.807) is 48.7 Å². The number of pyridine rings is 1. The van der Waals surface area contributed by atoms with Crippen molar-refractivity contribution in [1.29, 1.82) is 0 Å². The number of nitrogens with one attached hydrogen (secondary N) is 1. The molecule has 3 aromatic rings. The van der Waals surface area contributed by atoms with Crippen LogP contribution in [0.25, 0.3) is 0 Å². The molecule has 0 saturated heterocycles. The van der Waals surface area contributed by atoms with Crippen molar-refractivity contribution in [3.8, 4) is 0 Å². The summed E-state index contributed by atoms with van der Waals surface area (Å²) in [4.78, 5) is 29.1. The smallest absolute Gasteiger partial charge is 0.232 e. The Morgan fingerprint density at radius 2 is 1.60 bits per heavy atom.